The minimum Gasteiger partial charge on any atom is -0.466 e. The van der Waals surface area contributed by atoms with Crippen LogP contribution in [0.1, 0.15) is 27.4 Å². The van der Waals surface area contributed by atoms with Crippen LogP contribution in [0.5, 0.6) is 0 Å². The second-order valence-corrected chi connectivity index (χ2v) is 5.92. The summed E-state index contributed by atoms with van der Waals surface area (Å²) in [5.41, 5.74) is 1.72. The summed E-state index contributed by atoms with van der Waals surface area (Å²) >= 11 is 0. The molecule has 1 amide bonds. The standard InChI is InChI=1S/C17H20N2O3/c1-11-7-15(12(2)22-11)17(21)19-9-14(16(20)10-19)8-13-3-5-18-6-4-13/h3-7,14,16,20H,8-10H2,1-2H3/t14-,16+/m1/s1. The number of aliphatic hydroxyl groups is 1. The molecule has 1 aliphatic heterocycles. The molecule has 2 atom stereocenters. The lowest BCUT2D eigenvalue weighted by atomic mass is 9.97. The van der Waals surface area contributed by atoms with Crippen molar-refractivity contribution in [2.75, 3.05) is 13.1 Å². The van der Waals surface area contributed by atoms with Crippen molar-refractivity contribution < 1.29 is 14.3 Å². The molecule has 116 valence electrons. The van der Waals surface area contributed by atoms with E-state index >= 15 is 0 Å². The second kappa shape index (κ2) is 5.93. The molecule has 5 heteroatoms. The van der Waals surface area contributed by atoms with E-state index in [0.717, 1.165) is 17.7 Å². The predicted molar refractivity (Wildman–Crippen MR) is 81.5 cm³/mol. The Morgan fingerprint density at radius 1 is 1.36 bits per heavy atom. The van der Waals surface area contributed by atoms with Gasteiger partial charge < -0.3 is 14.4 Å². The highest BCUT2D eigenvalue weighted by atomic mass is 16.3. The number of hydrogen-bond donors (Lipinski definition) is 1. The van der Waals surface area contributed by atoms with Crippen LogP contribution in [0, 0.1) is 19.8 Å². The number of nitrogens with zero attached hydrogens (tertiary/aromatic N) is 2. The summed E-state index contributed by atoms with van der Waals surface area (Å²) in [4.78, 5) is 18.3. The summed E-state index contributed by atoms with van der Waals surface area (Å²) in [5, 5.41) is 10.3. The predicted octanol–water partition coefficient (Wildman–Crippen LogP) is 1.97. The Bertz CT molecular complexity index is 666. The Morgan fingerprint density at radius 3 is 2.73 bits per heavy atom. The van der Waals surface area contributed by atoms with Crippen molar-refractivity contribution in [3.63, 3.8) is 0 Å². The fourth-order valence-corrected chi connectivity index (χ4v) is 3.06. The van der Waals surface area contributed by atoms with Gasteiger partial charge in [-0.25, -0.2) is 0 Å². The van der Waals surface area contributed by atoms with Crippen molar-refractivity contribution in [1.29, 1.82) is 0 Å². The molecular formula is C17H20N2O3. The zero-order valence-electron chi connectivity index (χ0n) is 12.8. The second-order valence-electron chi connectivity index (χ2n) is 5.92. The molecule has 0 unspecified atom stereocenters. The van der Waals surface area contributed by atoms with Gasteiger partial charge in [-0.15, -0.1) is 0 Å². The number of carbonyl (C=O) groups excluding carboxylic acids is 1. The molecule has 22 heavy (non-hydrogen) atoms. The summed E-state index contributed by atoms with van der Waals surface area (Å²) < 4.78 is 5.43. The summed E-state index contributed by atoms with van der Waals surface area (Å²) in [6.07, 6.45) is 3.75. The molecule has 1 fully saturated rings. The van der Waals surface area contributed by atoms with Gasteiger partial charge in [-0.1, -0.05) is 0 Å². The monoisotopic (exact) mass is 300 g/mol. The highest BCUT2D eigenvalue weighted by Crippen LogP contribution is 2.24. The Morgan fingerprint density at radius 2 is 2.09 bits per heavy atom. The molecule has 0 aromatic carbocycles. The molecular weight excluding hydrogens is 280 g/mol. The van der Waals surface area contributed by atoms with E-state index in [1.54, 1.807) is 30.3 Å². The lowest BCUT2D eigenvalue weighted by Crippen LogP contribution is -2.29. The van der Waals surface area contributed by atoms with E-state index in [2.05, 4.69) is 4.98 Å². The van der Waals surface area contributed by atoms with Crippen LogP contribution in [0.3, 0.4) is 0 Å². The Labute approximate surface area is 129 Å². The highest BCUT2D eigenvalue weighted by Gasteiger charge is 2.35. The van der Waals surface area contributed by atoms with E-state index in [1.165, 1.54) is 0 Å². The normalized spacial score (nSPS) is 21.3. The van der Waals surface area contributed by atoms with Crippen LogP contribution in [0.4, 0.5) is 0 Å². The number of aryl methyl sites for hydroxylation is 2. The van der Waals surface area contributed by atoms with Crippen molar-refractivity contribution in [1.82, 2.24) is 9.88 Å². The molecule has 5 nitrogen and oxygen atoms in total. The molecule has 1 N–H and O–H groups in total. The van der Waals surface area contributed by atoms with Crippen LogP contribution in [-0.2, 0) is 6.42 Å². The van der Waals surface area contributed by atoms with Crippen LogP contribution in [0.2, 0.25) is 0 Å². The van der Waals surface area contributed by atoms with Crippen molar-refractivity contribution >= 4 is 5.91 Å². The maximum atomic E-state index is 12.6. The molecule has 0 saturated carbocycles. The zero-order valence-corrected chi connectivity index (χ0v) is 12.8. The van der Waals surface area contributed by atoms with E-state index in [1.807, 2.05) is 19.1 Å². The van der Waals surface area contributed by atoms with Crippen molar-refractivity contribution in [2.24, 2.45) is 5.92 Å². The van der Waals surface area contributed by atoms with Gasteiger partial charge in [0.2, 0.25) is 0 Å². The first kappa shape index (κ1) is 14.8. The van der Waals surface area contributed by atoms with Gasteiger partial charge in [-0.05, 0) is 44.0 Å². The maximum Gasteiger partial charge on any atom is 0.257 e. The Balaban J connectivity index is 1.70. The first-order valence-electron chi connectivity index (χ1n) is 7.48. The number of hydrogen-bond acceptors (Lipinski definition) is 4. The fourth-order valence-electron chi connectivity index (χ4n) is 3.06. The van der Waals surface area contributed by atoms with Crippen molar-refractivity contribution in [2.45, 2.75) is 26.4 Å². The zero-order chi connectivity index (χ0) is 15.7. The highest BCUT2D eigenvalue weighted by molar-refractivity contribution is 5.95. The van der Waals surface area contributed by atoms with E-state index in [9.17, 15) is 9.90 Å². The number of aliphatic hydroxyl groups excluding tert-OH is 1. The number of likely N-dealkylation sites (tertiary alicyclic amines) is 1. The first-order chi connectivity index (χ1) is 10.5. The topological polar surface area (TPSA) is 66.6 Å². The van der Waals surface area contributed by atoms with E-state index < -0.39 is 6.10 Å². The molecule has 2 aromatic rings. The molecule has 0 spiro atoms. The number of β-amino-alcohol motifs (C(OH)–C–C–N with tert-alkyl or cyclic N) is 1. The Hall–Kier alpha value is -2.14. The van der Waals surface area contributed by atoms with Gasteiger partial charge in [0.15, 0.2) is 0 Å². The largest absolute Gasteiger partial charge is 0.466 e. The average Bonchev–Trinajstić information content (AvgIpc) is 3.02. The van der Waals surface area contributed by atoms with Gasteiger partial charge in [0, 0.05) is 31.4 Å². The smallest absolute Gasteiger partial charge is 0.257 e. The van der Waals surface area contributed by atoms with Gasteiger partial charge in [0.05, 0.1) is 11.7 Å². The van der Waals surface area contributed by atoms with E-state index in [-0.39, 0.29) is 11.8 Å². The lowest BCUT2D eigenvalue weighted by molar-refractivity contribution is 0.0763. The molecule has 0 radical (unpaired) electrons. The van der Waals surface area contributed by atoms with Crippen LogP contribution >= 0.6 is 0 Å². The van der Waals surface area contributed by atoms with E-state index in [4.69, 9.17) is 4.42 Å². The van der Waals surface area contributed by atoms with Gasteiger partial charge in [0.1, 0.15) is 11.5 Å². The molecule has 2 aromatic heterocycles. The minimum absolute atomic E-state index is 0.0552. The quantitative estimate of drug-likeness (QED) is 0.941. The summed E-state index contributed by atoms with van der Waals surface area (Å²) in [5.74, 6) is 1.36. The molecule has 1 aliphatic rings. The third-order valence-corrected chi connectivity index (χ3v) is 4.21. The number of aromatic nitrogens is 1. The van der Waals surface area contributed by atoms with Crippen LogP contribution in [0.15, 0.2) is 35.0 Å². The Kier molecular flexibility index (Phi) is 3.98. The van der Waals surface area contributed by atoms with Crippen molar-refractivity contribution in [3.8, 4) is 0 Å². The number of pyridine rings is 1. The van der Waals surface area contributed by atoms with Gasteiger partial charge in [-0.2, -0.15) is 0 Å². The molecule has 3 rings (SSSR count). The summed E-state index contributed by atoms with van der Waals surface area (Å²) in [6.45, 7) is 4.56. The molecule has 1 saturated heterocycles. The third kappa shape index (κ3) is 2.90. The number of furan rings is 1. The van der Waals surface area contributed by atoms with Crippen LogP contribution in [-0.4, -0.2) is 40.1 Å². The van der Waals surface area contributed by atoms with Crippen LogP contribution < -0.4 is 0 Å². The third-order valence-electron chi connectivity index (χ3n) is 4.21. The number of rotatable bonds is 3. The van der Waals surface area contributed by atoms with Crippen LogP contribution in [0.25, 0.3) is 0 Å². The van der Waals surface area contributed by atoms with E-state index in [0.29, 0.717) is 24.4 Å². The number of carbonyl (C=O) groups is 1. The SMILES string of the molecule is Cc1cc(C(=O)N2C[C@@H](Cc3ccncc3)[C@@H](O)C2)c(C)o1. The van der Waals surface area contributed by atoms with Gasteiger partial charge >= 0.3 is 0 Å². The fraction of sp³-hybridized carbons (Fsp3) is 0.412. The average molecular weight is 300 g/mol. The maximum absolute atomic E-state index is 12.6. The number of amides is 1. The van der Waals surface area contributed by atoms with Gasteiger partial charge in [0.25, 0.3) is 5.91 Å². The molecule has 0 bridgehead atoms. The molecule has 0 aliphatic carbocycles. The molecule has 3 heterocycles. The summed E-state index contributed by atoms with van der Waals surface area (Å²) in [7, 11) is 0. The first-order valence-corrected chi connectivity index (χ1v) is 7.48. The van der Waals surface area contributed by atoms with Crippen molar-refractivity contribution in [3.05, 3.63) is 53.2 Å². The van der Waals surface area contributed by atoms with Gasteiger partial charge in [-0.3, -0.25) is 9.78 Å². The minimum atomic E-state index is -0.495. The summed E-state index contributed by atoms with van der Waals surface area (Å²) in [6, 6.07) is 5.65. The lowest BCUT2D eigenvalue weighted by Gasteiger charge is -2.15.